The molecule has 208 valence electrons. The number of fused-ring (bicyclic) bond motifs is 3. The zero-order valence-electron chi connectivity index (χ0n) is 22.0. The number of ether oxygens (including phenoxy) is 2. The van der Waals surface area contributed by atoms with Crippen molar-refractivity contribution >= 4 is 16.7 Å². The molecule has 0 unspecified atom stereocenters. The molecule has 2 bridgehead atoms. The van der Waals surface area contributed by atoms with Gasteiger partial charge in [-0.25, -0.2) is 4.39 Å². The molecule has 4 nitrogen and oxygen atoms in total. The SMILES string of the molecule is CC1(C)[C@H]2C[C@H](OC(=O)[C@H]([C@@H](O)c3ccc(F)cc3)C(F)(F)F)[C@](C)(OCc3cccc4ccccc34)[C@@H]1C2. The number of aliphatic hydroxyl groups excluding tert-OH is 1. The number of halogens is 4. The van der Waals surface area contributed by atoms with Crippen molar-refractivity contribution in [2.45, 2.75) is 64.2 Å². The van der Waals surface area contributed by atoms with Crippen molar-refractivity contribution in [2.24, 2.45) is 23.2 Å². The van der Waals surface area contributed by atoms with Crippen LogP contribution in [-0.2, 0) is 20.9 Å². The van der Waals surface area contributed by atoms with Crippen LogP contribution < -0.4 is 0 Å². The topological polar surface area (TPSA) is 55.8 Å². The molecule has 3 aromatic rings. The number of benzene rings is 3. The van der Waals surface area contributed by atoms with Crippen LogP contribution >= 0.6 is 0 Å². The molecule has 3 fully saturated rings. The van der Waals surface area contributed by atoms with Gasteiger partial charge in [-0.3, -0.25) is 4.79 Å². The maximum absolute atomic E-state index is 14.1. The Morgan fingerprint density at radius 1 is 1.00 bits per heavy atom. The van der Waals surface area contributed by atoms with Crippen molar-refractivity contribution in [3.05, 3.63) is 83.7 Å². The first-order valence-corrected chi connectivity index (χ1v) is 13.1. The molecule has 3 aliphatic rings. The maximum Gasteiger partial charge on any atom is 0.405 e. The zero-order valence-corrected chi connectivity index (χ0v) is 22.0. The summed E-state index contributed by atoms with van der Waals surface area (Å²) in [7, 11) is 0. The molecule has 3 saturated carbocycles. The fourth-order valence-corrected chi connectivity index (χ4v) is 6.62. The van der Waals surface area contributed by atoms with Gasteiger partial charge in [0, 0.05) is 0 Å². The molecule has 0 aliphatic heterocycles. The largest absolute Gasteiger partial charge is 0.459 e. The highest BCUT2D eigenvalue weighted by Gasteiger charge is 2.66. The van der Waals surface area contributed by atoms with Crippen molar-refractivity contribution in [3.8, 4) is 0 Å². The molecule has 6 atom stereocenters. The van der Waals surface area contributed by atoms with E-state index in [1.54, 1.807) is 0 Å². The summed E-state index contributed by atoms with van der Waals surface area (Å²) < 4.78 is 67.7. The number of rotatable bonds is 7. The van der Waals surface area contributed by atoms with E-state index >= 15 is 0 Å². The first-order chi connectivity index (χ1) is 18.3. The molecular formula is C31H32F4O4. The van der Waals surface area contributed by atoms with Crippen molar-refractivity contribution in [1.82, 2.24) is 0 Å². The second-order valence-corrected chi connectivity index (χ2v) is 11.6. The Bertz CT molecular complexity index is 1350. The van der Waals surface area contributed by atoms with E-state index in [2.05, 4.69) is 13.8 Å². The predicted molar refractivity (Wildman–Crippen MR) is 138 cm³/mol. The van der Waals surface area contributed by atoms with Crippen LogP contribution in [0.25, 0.3) is 10.8 Å². The van der Waals surface area contributed by atoms with Gasteiger partial charge < -0.3 is 14.6 Å². The molecule has 3 aliphatic carbocycles. The molecule has 6 rings (SSSR count). The number of alkyl halides is 3. The number of hydrogen-bond donors (Lipinski definition) is 1. The van der Waals surface area contributed by atoms with Gasteiger partial charge in [0.05, 0.1) is 6.61 Å². The van der Waals surface area contributed by atoms with E-state index in [1.807, 2.05) is 49.4 Å². The van der Waals surface area contributed by atoms with E-state index in [4.69, 9.17) is 9.47 Å². The van der Waals surface area contributed by atoms with Gasteiger partial charge in [-0.15, -0.1) is 0 Å². The minimum Gasteiger partial charge on any atom is -0.459 e. The molecule has 3 aromatic carbocycles. The van der Waals surface area contributed by atoms with Crippen LogP contribution in [0.15, 0.2) is 66.7 Å². The van der Waals surface area contributed by atoms with Crippen LogP contribution in [0.3, 0.4) is 0 Å². The first kappa shape index (κ1) is 27.6. The smallest absolute Gasteiger partial charge is 0.405 e. The predicted octanol–water partition coefficient (Wildman–Crippen LogP) is 7.14. The van der Waals surface area contributed by atoms with Crippen LogP contribution in [0.2, 0.25) is 0 Å². The summed E-state index contributed by atoms with van der Waals surface area (Å²) in [5.41, 5.74) is -0.466. The van der Waals surface area contributed by atoms with Crippen LogP contribution in [0, 0.1) is 29.0 Å². The van der Waals surface area contributed by atoms with Gasteiger partial charge in [-0.2, -0.15) is 13.2 Å². The Morgan fingerprint density at radius 2 is 1.67 bits per heavy atom. The van der Waals surface area contributed by atoms with Crippen LogP contribution in [0.1, 0.15) is 50.8 Å². The first-order valence-electron chi connectivity index (χ1n) is 13.1. The maximum atomic E-state index is 14.1. The Balaban J connectivity index is 1.41. The van der Waals surface area contributed by atoms with E-state index in [9.17, 15) is 27.5 Å². The molecule has 0 saturated heterocycles. The lowest BCUT2D eigenvalue weighted by atomic mass is 9.43. The molecule has 0 radical (unpaired) electrons. The third kappa shape index (κ3) is 4.93. The second kappa shape index (κ2) is 9.89. The second-order valence-electron chi connectivity index (χ2n) is 11.6. The molecule has 0 aromatic heterocycles. The lowest BCUT2D eigenvalue weighted by Crippen LogP contribution is -2.68. The lowest BCUT2D eigenvalue weighted by Gasteiger charge is -2.65. The van der Waals surface area contributed by atoms with Gasteiger partial charge in [0.25, 0.3) is 0 Å². The third-order valence-electron chi connectivity index (χ3n) is 9.11. The molecular weight excluding hydrogens is 512 g/mol. The molecule has 39 heavy (non-hydrogen) atoms. The summed E-state index contributed by atoms with van der Waals surface area (Å²) in [6.07, 6.45) is -7.06. The highest BCUT2D eigenvalue weighted by atomic mass is 19.4. The van der Waals surface area contributed by atoms with Crippen molar-refractivity contribution in [1.29, 1.82) is 0 Å². The van der Waals surface area contributed by atoms with Gasteiger partial charge in [-0.1, -0.05) is 68.4 Å². The molecule has 0 spiro atoms. The van der Waals surface area contributed by atoms with Crippen LogP contribution in [0.5, 0.6) is 0 Å². The summed E-state index contributed by atoms with van der Waals surface area (Å²) in [5.74, 6) is -4.93. The summed E-state index contributed by atoms with van der Waals surface area (Å²) in [6, 6.07) is 17.7. The number of hydrogen-bond acceptors (Lipinski definition) is 4. The lowest BCUT2D eigenvalue weighted by molar-refractivity contribution is -0.281. The van der Waals surface area contributed by atoms with E-state index in [0.29, 0.717) is 6.42 Å². The number of carbonyl (C=O) groups is 1. The average molecular weight is 545 g/mol. The number of esters is 1. The summed E-state index contributed by atoms with van der Waals surface area (Å²) in [5, 5.41) is 12.6. The summed E-state index contributed by atoms with van der Waals surface area (Å²) in [4.78, 5) is 13.1. The molecule has 0 heterocycles. The van der Waals surface area contributed by atoms with Gasteiger partial charge >= 0.3 is 12.1 Å². The van der Waals surface area contributed by atoms with Crippen molar-refractivity contribution in [3.63, 3.8) is 0 Å². The minimum atomic E-state index is -5.08. The quantitative estimate of drug-likeness (QED) is 0.254. The van der Waals surface area contributed by atoms with Gasteiger partial charge in [-0.05, 0) is 71.0 Å². The zero-order chi connectivity index (χ0) is 28.2. The van der Waals surface area contributed by atoms with E-state index in [0.717, 1.165) is 47.0 Å². The number of aliphatic hydroxyl groups is 1. The molecule has 1 N–H and O–H groups in total. The normalized spacial score (nSPS) is 27.4. The minimum absolute atomic E-state index is 0.0390. The average Bonchev–Trinajstić information content (AvgIpc) is 2.88. The van der Waals surface area contributed by atoms with Crippen molar-refractivity contribution < 1.29 is 36.9 Å². The van der Waals surface area contributed by atoms with E-state index in [-0.39, 0.29) is 29.4 Å². The fraction of sp³-hybridized carbons (Fsp3) is 0.452. The Labute approximate surface area is 224 Å². The van der Waals surface area contributed by atoms with E-state index in [1.165, 1.54) is 0 Å². The highest BCUT2D eigenvalue weighted by Crippen LogP contribution is 2.64. The fourth-order valence-electron chi connectivity index (χ4n) is 6.62. The van der Waals surface area contributed by atoms with Crippen LogP contribution in [-0.4, -0.2) is 29.0 Å². The molecule has 8 heteroatoms. The Hall–Kier alpha value is -2.97. The standard InChI is InChI=1S/C31H32F4O4/c1-29(2)21-15-24(29)30(3,38-17-20-9-6-8-18-7-4-5-10-23(18)20)25(16-21)39-28(37)26(31(33,34)35)27(36)19-11-13-22(32)14-12-19/h4-14,21,24-27,36H,15-17H2,1-3H3/t21-,24-,25+,26+,27+,30-/m1/s1. The third-order valence-corrected chi connectivity index (χ3v) is 9.11. The van der Waals surface area contributed by atoms with E-state index < -0.39 is 41.7 Å². The molecule has 0 amide bonds. The van der Waals surface area contributed by atoms with Gasteiger partial charge in [0.15, 0.2) is 5.92 Å². The monoisotopic (exact) mass is 544 g/mol. The Kier molecular flexibility index (Phi) is 7.00. The highest BCUT2D eigenvalue weighted by molar-refractivity contribution is 5.85. The van der Waals surface area contributed by atoms with Gasteiger partial charge in [0.2, 0.25) is 0 Å². The number of carbonyl (C=O) groups excluding carboxylic acids is 1. The van der Waals surface area contributed by atoms with Crippen LogP contribution in [0.4, 0.5) is 17.6 Å². The van der Waals surface area contributed by atoms with Gasteiger partial charge in [0.1, 0.15) is 23.6 Å². The van der Waals surface area contributed by atoms with Crippen molar-refractivity contribution in [2.75, 3.05) is 0 Å². The summed E-state index contributed by atoms with van der Waals surface area (Å²) in [6.45, 7) is 6.24. The summed E-state index contributed by atoms with van der Waals surface area (Å²) >= 11 is 0. The Morgan fingerprint density at radius 3 is 2.33 bits per heavy atom.